The van der Waals surface area contributed by atoms with E-state index in [1.165, 1.54) is 17.7 Å². The Kier molecular flexibility index (Phi) is 3.57. The Morgan fingerprint density at radius 3 is 1.88 bits per heavy atom. The van der Waals surface area contributed by atoms with Crippen molar-refractivity contribution in [3.05, 3.63) is 59.9 Å². The van der Waals surface area contributed by atoms with Crippen LogP contribution in [0.1, 0.15) is 5.56 Å². The number of ether oxygens (including phenoxy) is 1. The van der Waals surface area contributed by atoms with Gasteiger partial charge in [-0.05, 0) is 42.0 Å². The van der Waals surface area contributed by atoms with Crippen molar-refractivity contribution in [2.24, 2.45) is 0 Å². The summed E-state index contributed by atoms with van der Waals surface area (Å²) in [6.45, 7) is 0. The van der Waals surface area contributed by atoms with Crippen molar-refractivity contribution >= 4 is 15.9 Å². The van der Waals surface area contributed by atoms with Crippen LogP contribution >= 0.6 is 15.9 Å². The molecule has 0 bridgehead atoms. The molecule has 0 aliphatic rings. The Balaban J connectivity index is 2.11. The Morgan fingerprint density at radius 2 is 1.38 bits per heavy atom. The molecule has 82 valence electrons. The third-order valence-electron chi connectivity index (χ3n) is 2.13. The molecule has 3 heteroatoms. The number of hydrogen-bond acceptors (Lipinski definition) is 1. The predicted molar refractivity (Wildman–Crippen MR) is 65.5 cm³/mol. The zero-order valence-electron chi connectivity index (χ0n) is 8.49. The van der Waals surface area contributed by atoms with E-state index in [2.05, 4.69) is 15.9 Å². The van der Waals surface area contributed by atoms with Gasteiger partial charge in [0, 0.05) is 5.33 Å². The molecule has 0 unspecified atom stereocenters. The fraction of sp³-hybridized carbons (Fsp3) is 0.0769. The van der Waals surface area contributed by atoms with E-state index in [0.29, 0.717) is 5.75 Å². The molecule has 2 aromatic carbocycles. The second-order valence-electron chi connectivity index (χ2n) is 3.33. The summed E-state index contributed by atoms with van der Waals surface area (Å²) in [6, 6.07) is 13.7. The highest BCUT2D eigenvalue weighted by atomic mass is 79.9. The molecule has 0 fully saturated rings. The zero-order chi connectivity index (χ0) is 11.4. The maximum Gasteiger partial charge on any atom is 0.127 e. The Bertz CT molecular complexity index is 450. The summed E-state index contributed by atoms with van der Waals surface area (Å²) in [7, 11) is 0. The molecule has 0 amide bonds. The molecule has 0 aliphatic heterocycles. The van der Waals surface area contributed by atoms with Crippen molar-refractivity contribution in [1.29, 1.82) is 0 Å². The van der Waals surface area contributed by atoms with Gasteiger partial charge < -0.3 is 4.74 Å². The van der Waals surface area contributed by atoms with Crippen LogP contribution in [0.3, 0.4) is 0 Å². The van der Waals surface area contributed by atoms with Crippen LogP contribution in [-0.4, -0.2) is 0 Å². The van der Waals surface area contributed by atoms with E-state index in [4.69, 9.17) is 4.74 Å². The van der Waals surface area contributed by atoms with E-state index in [1.807, 2.05) is 24.3 Å². The van der Waals surface area contributed by atoms with Crippen molar-refractivity contribution in [3.63, 3.8) is 0 Å². The summed E-state index contributed by atoms with van der Waals surface area (Å²) in [4.78, 5) is 0. The minimum Gasteiger partial charge on any atom is -0.457 e. The lowest BCUT2D eigenvalue weighted by Crippen LogP contribution is -1.85. The first kappa shape index (κ1) is 11.1. The largest absolute Gasteiger partial charge is 0.457 e. The normalized spacial score (nSPS) is 10.1. The van der Waals surface area contributed by atoms with Gasteiger partial charge in [-0.25, -0.2) is 4.39 Å². The van der Waals surface area contributed by atoms with Crippen molar-refractivity contribution in [2.75, 3.05) is 0 Å². The minimum atomic E-state index is -0.262. The van der Waals surface area contributed by atoms with E-state index < -0.39 is 0 Å². The van der Waals surface area contributed by atoms with Gasteiger partial charge >= 0.3 is 0 Å². The molecule has 0 spiro atoms. The summed E-state index contributed by atoms with van der Waals surface area (Å²) < 4.78 is 18.2. The van der Waals surface area contributed by atoms with Crippen molar-refractivity contribution in [3.8, 4) is 11.5 Å². The number of halogens is 2. The van der Waals surface area contributed by atoms with Crippen LogP contribution in [0.4, 0.5) is 4.39 Å². The van der Waals surface area contributed by atoms with E-state index in [-0.39, 0.29) is 5.82 Å². The molecule has 1 nitrogen and oxygen atoms in total. The first-order chi connectivity index (χ1) is 7.78. The fourth-order valence-electron chi connectivity index (χ4n) is 1.29. The summed E-state index contributed by atoms with van der Waals surface area (Å²) in [5, 5.41) is 0.823. The summed E-state index contributed by atoms with van der Waals surface area (Å²) in [5.74, 6) is 1.12. The highest BCUT2D eigenvalue weighted by Crippen LogP contribution is 2.22. The molecule has 0 aliphatic carbocycles. The van der Waals surface area contributed by atoms with Crippen LogP contribution in [0.25, 0.3) is 0 Å². The molecule has 0 atom stereocenters. The number of benzene rings is 2. The first-order valence-corrected chi connectivity index (χ1v) is 5.98. The SMILES string of the molecule is Fc1ccc(Oc2ccc(CBr)cc2)cc1. The van der Waals surface area contributed by atoms with Gasteiger partial charge in [0.05, 0.1) is 0 Å². The van der Waals surface area contributed by atoms with Crippen LogP contribution in [0.15, 0.2) is 48.5 Å². The average Bonchev–Trinajstić information content (AvgIpc) is 2.33. The van der Waals surface area contributed by atoms with Gasteiger partial charge in [-0.1, -0.05) is 28.1 Å². The Labute approximate surface area is 102 Å². The quantitative estimate of drug-likeness (QED) is 0.752. The second kappa shape index (κ2) is 5.12. The number of rotatable bonds is 3. The standard InChI is InChI=1S/C13H10BrFO/c14-9-10-1-5-12(6-2-10)16-13-7-3-11(15)4-8-13/h1-8H,9H2. The Hall–Kier alpha value is -1.35. The molecule has 0 aromatic heterocycles. The highest BCUT2D eigenvalue weighted by Gasteiger charge is 1.97. The van der Waals surface area contributed by atoms with Gasteiger partial charge in [-0.3, -0.25) is 0 Å². The molecule has 16 heavy (non-hydrogen) atoms. The smallest absolute Gasteiger partial charge is 0.127 e. The zero-order valence-corrected chi connectivity index (χ0v) is 10.1. The summed E-state index contributed by atoms with van der Waals surface area (Å²) in [5.41, 5.74) is 1.19. The van der Waals surface area contributed by atoms with Crippen LogP contribution in [0.2, 0.25) is 0 Å². The molecule has 2 aromatic rings. The predicted octanol–water partition coefficient (Wildman–Crippen LogP) is 4.51. The van der Waals surface area contributed by atoms with Gasteiger partial charge in [0.1, 0.15) is 17.3 Å². The van der Waals surface area contributed by atoms with Crippen molar-refractivity contribution in [1.82, 2.24) is 0 Å². The van der Waals surface area contributed by atoms with Gasteiger partial charge in [0.2, 0.25) is 0 Å². The molecule has 2 rings (SSSR count). The maximum atomic E-state index is 12.7. The van der Waals surface area contributed by atoms with E-state index in [0.717, 1.165) is 11.1 Å². The maximum absolute atomic E-state index is 12.7. The van der Waals surface area contributed by atoms with Crippen LogP contribution < -0.4 is 4.74 Å². The lowest BCUT2D eigenvalue weighted by Gasteiger charge is -2.05. The molecule has 0 N–H and O–H groups in total. The van der Waals surface area contributed by atoms with Crippen molar-refractivity contribution < 1.29 is 9.13 Å². The topological polar surface area (TPSA) is 9.23 Å². The van der Waals surface area contributed by atoms with Gasteiger partial charge in [0.25, 0.3) is 0 Å². The lowest BCUT2D eigenvalue weighted by molar-refractivity contribution is 0.480. The molecular formula is C13H10BrFO. The third kappa shape index (κ3) is 2.83. The summed E-state index contributed by atoms with van der Waals surface area (Å²) >= 11 is 3.37. The summed E-state index contributed by atoms with van der Waals surface area (Å²) in [6.07, 6.45) is 0. The van der Waals surface area contributed by atoms with E-state index in [1.54, 1.807) is 12.1 Å². The van der Waals surface area contributed by atoms with E-state index in [9.17, 15) is 4.39 Å². The molecular weight excluding hydrogens is 271 g/mol. The highest BCUT2D eigenvalue weighted by molar-refractivity contribution is 9.08. The van der Waals surface area contributed by atoms with Gasteiger partial charge in [0.15, 0.2) is 0 Å². The van der Waals surface area contributed by atoms with Crippen LogP contribution in [0.5, 0.6) is 11.5 Å². The number of hydrogen-bond donors (Lipinski definition) is 0. The van der Waals surface area contributed by atoms with Crippen LogP contribution in [-0.2, 0) is 5.33 Å². The van der Waals surface area contributed by atoms with Crippen molar-refractivity contribution in [2.45, 2.75) is 5.33 Å². The average molecular weight is 281 g/mol. The first-order valence-electron chi connectivity index (χ1n) is 4.86. The minimum absolute atomic E-state index is 0.262. The van der Waals surface area contributed by atoms with Crippen LogP contribution in [0, 0.1) is 5.82 Å². The number of alkyl halides is 1. The molecule has 0 heterocycles. The molecule has 0 saturated carbocycles. The monoisotopic (exact) mass is 280 g/mol. The third-order valence-corrected chi connectivity index (χ3v) is 2.77. The molecule has 0 saturated heterocycles. The van der Waals surface area contributed by atoms with Gasteiger partial charge in [-0.15, -0.1) is 0 Å². The molecule has 0 radical (unpaired) electrons. The van der Waals surface area contributed by atoms with E-state index >= 15 is 0 Å². The Morgan fingerprint density at radius 1 is 0.875 bits per heavy atom. The lowest BCUT2D eigenvalue weighted by atomic mass is 10.2. The van der Waals surface area contributed by atoms with Gasteiger partial charge in [-0.2, -0.15) is 0 Å². The fourth-order valence-corrected chi connectivity index (χ4v) is 1.66. The second-order valence-corrected chi connectivity index (χ2v) is 3.89.